The van der Waals surface area contributed by atoms with Gasteiger partial charge in [0.15, 0.2) is 0 Å². The fraction of sp³-hybridized carbons (Fsp3) is 0.357. The minimum absolute atomic E-state index is 0.102. The molecule has 0 radical (unpaired) electrons. The van der Waals surface area contributed by atoms with E-state index in [2.05, 4.69) is 0 Å². The molecule has 1 fully saturated rings. The second-order valence-corrected chi connectivity index (χ2v) is 11.4. The van der Waals surface area contributed by atoms with Crippen molar-refractivity contribution >= 4 is 46.4 Å². The standard InChI is InChI=1S/C28H25Cl2F3N2O3S/c29-19-6-7-21(23(30)14-19)26-22-9-12-39-24(22)8-10-35(26)25(36)16-34(15-20-5-2-11-38-20)27(37)17-3-1-4-18(13-17)28(31,32)33/h1,3-4,6-7,9,12-14,20,26H,2,5,8,10-11,15-16H2. The summed E-state index contributed by atoms with van der Waals surface area (Å²) in [6.07, 6.45) is -2.73. The highest BCUT2D eigenvalue weighted by Crippen LogP contribution is 2.41. The van der Waals surface area contributed by atoms with Crippen molar-refractivity contribution in [3.8, 4) is 0 Å². The number of hydrogen-bond donors (Lipinski definition) is 0. The zero-order chi connectivity index (χ0) is 27.7. The van der Waals surface area contributed by atoms with Crippen LogP contribution in [0.4, 0.5) is 13.2 Å². The molecule has 0 bridgehead atoms. The van der Waals surface area contributed by atoms with Gasteiger partial charge in [-0.3, -0.25) is 9.59 Å². The van der Waals surface area contributed by atoms with Gasteiger partial charge >= 0.3 is 6.18 Å². The van der Waals surface area contributed by atoms with Crippen molar-refractivity contribution in [1.29, 1.82) is 0 Å². The zero-order valence-electron chi connectivity index (χ0n) is 20.7. The van der Waals surface area contributed by atoms with Crippen molar-refractivity contribution < 1.29 is 27.5 Å². The SMILES string of the molecule is O=C(c1cccc(C(F)(F)F)c1)N(CC(=O)N1CCc2sccc2C1c1ccc(Cl)cc1Cl)CC1CCCO1. The van der Waals surface area contributed by atoms with Crippen LogP contribution < -0.4 is 0 Å². The molecular formula is C28H25Cl2F3N2O3S. The minimum atomic E-state index is -4.59. The van der Waals surface area contributed by atoms with Crippen LogP contribution in [0.5, 0.6) is 0 Å². The van der Waals surface area contributed by atoms with E-state index >= 15 is 0 Å². The van der Waals surface area contributed by atoms with E-state index in [4.69, 9.17) is 27.9 Å². The Morgan fingerprint density at radius 2 is 1.92 bits per heavy atom. The van der Waals surface area contributed by atoms with Gasteiger partial charge in [-0.1, -0.05) is 35.3 Å². The van der Waals surface area contributed by atoms with Gasteiger partial charge in [-0.2, -0.15) is 13.2 Å². The smallest absolute Gasteiger partial charge is 0.376 e. The van der Waals surface area contributed by atoms with Gasteiger partial charge in [-0.15, -0.1) is 11.3 Å². The van der Waals surface area contributed by atoms with Crippen LogP contribution in [0.2, 0.25) is 10.0 Å². The van der Waals surface area contributed by atoms with E-state index < -0.39 is 23.7 Å². The number of fused-ring (bicyclic) bond motifs is 1. The third kappa shape index (κ3) is 6.11. The highest BCUT2D eigenvalue weighted by atomic mass is 35.5. The molecule has 5 rings (SSSR count). The maximum absolute atomic E-state index is 13.9. The summed E-state index contributed by atoms with van der Waals surface area (Å²) in [5.41, 5.74) is 0.615. The number of carbonyl (C=O) groups is 2. The summed E-state index contributed by atoms with van der Waals surface area (Å²) in [5, 5.41) is 2.86. The Hall–Kier alpha value is -2.59. The maximum atomic E-state index is 13.9. The maximum Gasteiger partial charge on any atom is 0.416 e. The Bertz CT molecular complexity index is 1370. The Kier molecular flexibility index (Phi) is 8.24. The van der Waals surface area contributed by atoms with Crippen molar-refractivity contribution in [2.45, 2.75) is 37.6 Å². The van der Waals surface area contributed by atoms with Crippen molar-refractivity contribution in [1.82, 2.24) is 9.80 Å². The van der Waals surface area contributed by atoms with E-state index in [0.717, 1.165) is 29.0 Å². The van der Waals surface area contributed by atoms with Crippen molar-refractivity contribution in [3.05, 3.63) is 91.1 Å². The molecule has 2 aliphatic heterocycles. The average Bonchev–Trinajstić information content (AvgIpc) is 3.59. The number of benzene rings is 2. The van der Waals surface area contributed by atoms with Crippen LogP contribution in [-0.4, -0.2) is 54.0 Å². The fourth-order valence-corrected chi connectivity index (χ4v) is 6.58. The topological polar surface area (TPSA) is 49.9 Å². The first kappa shape index (κ1) is 28.0. The van der Waals surface area contributed by atoms with E-state index in [-0.39, 0.29) is 30.7 Å². The lowest BCUT2D eigenvalue weighted by molar-refractivity contribution is -0.137. The first-order valence-electron chi connectivity index (χ1n) is 12.5. The highest BCUT2D eigenvalue weighted by molar-refractivity contribution is 7.10. The molecule has 2 amide bonds. The molecule has 2 atom stereocenters. The van der Waals surface area contributed by atoms with Gasteiger partial charge < -0.3 is 14.5 Å². The first-order chi connectivity index (χ1) is 18.6. The van der Waals surface area contributed by atoms with E-state index in [1.54, 1.807) is 34.4 Å². The van der Waals surface area contributed by atoms with Crippen LogP contribution in [0.1, 0.15) is 50.8 Å². The predicted molar refractivity (Wildman–Crippen MR) is 144 cm³/mol. The predicted octanol–water partition coefficient (Wildman–Crippen LogP) is 6.87. The summed E-state index contributed by atoms with van der Waals surface area (Å²) in [6.45, 7) is 0.733. The lowest BCUT2D eigenvalue weighted by atomic mass is 9.93. The number of halogens is 5. The molecular weight excluding hydrogens is 572 g/mol. The number of amides is 2. The number of rotatable bonds is 6. The lowest BCUT2D eigenvalue weighted by Gasteiger charge is -2.38. The molecule has 1 saturated heterocycles. The highest BCUT2D eigenvalue weighted by Gasteiger charge is 2.36. The zero-order valence-corrected chi connectivity index (χ0v) is 23.0. The van der Waals surface area contributed by atoms with E-state index in [0.29, 0.717) is 41.6 Å². The lowest BCUT2D eigenvalue weighted by Crippen LogP contribution is -2.48. The molecule has 206 valence electrons. The molecule has 3 heterocycles. The van der Waals surface area contributed by atoms with Crippen LogP contribution in [0.25, 0.3) is 0 Å². The summed E-state index contributed by atoms with van der Waals surface area (Å²) in [5.74, 6) is -0.986. The number of hydrogen-bond acceptors (Lipinski definition) is 4. The molecule has 1 aromatic heterocycles. The third-order valence-corrected chi connectivity index (χ3v) is 8.60. The van der Waals surface area contributed by atoms with Gasteiger partial charge in [-0.05, 0) is 72.2 Å². The number of alkyl halides is 3. The van der Waals surface area contributed by atoms with Gasteiger partial charge in [0.25, 0.3) is 5.91 Å². The van der Waals surface area contributed by atoms with Gasteiger partial charge in [-0.25, -0.2) is 0 Å². The first-order valence-corrected chi connectivity index (χ1v) is 14.1. The molecule has 0 saturated carbocycles. The molecule has 0 spiro atoms. The fourth-order valence-electron chi connectivity index (χ4n) is 5.16. The van der Waals surface area contributed by atoms with E-state index in [1.165, 1.54) is 17.0 Å². The van der Waals surface area contributed by atoms with Gasteiger partial charge in [0.2, 0.25) is 5.91 Å². The molecule has 0 N–H and O–H groups in total. The quantitative estimate of drug-likeness (QED) is 0.312. The number of ether oxygens (including phenoxy) is 1. The molecule has 39 heavy (non-hydrogen) atoms. The molecule has 2 aliphatic rings. The van der Waals surface area contributed by atoms with Crippen molar-refractivity contribution in [2.75, 3.05) is 26.2 Å². The minimum Gasteiger partial charge on any atom is -0.376 e. The molecule has 0 aliphatic carbocycles. The Labute approximate surface area is 238 Å². The average molecular weight is 597 g/mol. The Morgan fingerprint density at radius 3 is 2.64 bits per heavy atom. The summed E-state index contributed by atoms with van der Waals surface area (Å²) in [7, 11) is 0. The summed E-state index contributed by atoms with van der Waals surface area (Å²) < 4.78 is 45.7. The summed E-state index contributed by atoms with van der Waals surface area (Å²) in [6, 6.07) is 10.9. The molecule has 2 aromatic carbocycles. The summed E-state index contributed by atoms with van der Waals surface area (Å²) in [4.78, 5) is 31.5. The Morgan fingerprint density at radius 1 is 1.10 bits per heavy atom. The molecule has 11 heteroatoms. The number of nitrogens with zero attached hydrogens (tertiary/aromatic N) is 2. The molecule has 5 nitrogen and oxygen atoms in total. The van der Waals surface area contributed by atoms with Gasteiger partial charge in [0.05, 0.1) is 17.7 Å². The van der Waals surface area contributed by atoms with Crippen molar-refractivity contribution in [3.63, 3.8) is 0 Å². The van der Waals surface area contributed by atoms with Crippen LogP contribution >= 0.6 is 34.5 Å². The second kappa shape index (κ2) is 11.5. The molecule has 3 aromatic rings. The van der Waals surface area contributed by atoms with Crippen molar-refractivity contribution in [2.24, 2.45) is 0 Å². The Balaban J connectivity index is 1.45. The summed E-state index contributed by atoms with van der Waals surface area (Å²) >= 11 is 14.3. The van der Waals surface area contributed by atoms with Crippen LogP contribution in [0.15, 0.2) is 53.9 Å². The largest absolute Gasteiger partial charge is 0.416 e. The number of thiophene rings is 1. The third-order valence-electron chi connectivity index (χ3n) is 7.04. The normalized spacial score (nSPS) is 19.2. The second-order valence-electron chi connectivity index (χ2n) is 9.60. The van der Waals surface area contributed by atoms with Crippen LogP contribution in [0.3, 0.4) is 0 Å². The number of carbonyl (C=O) groups excluding carboxylic acids is 2. The molecule has 2 unspecified atom stereocenters. The van der Waals surface area contributed by atoms with E-state index in [9.17, 15) is 22.8 Å². The van der Waals surface area contributed by atoms with Gasteiger partial charge in [0, 0.05) is 40.2 Å². The van der Waals surface area contributed by atoms with Gasteiger partial charge in [0.1, 0.15) is 6.54 Å². The monoisotopic (exact) mass is 596 g/mol. The van der Waals surface area contributed by atoms with Crippen LogP contribution in [0, 0.1) is 0 Å². The van der Waals surface area contributed by atoms with E-state index in [1.807, 2.05) is 11.4 Å². The van der Waals surface area contributed by atoms with Crippen LogP contribution in [-0.2, 0) is 22.1 Å².